The van der Waals surface area contributed by atoms with Crippen molar-refractivity contribution >= 4 is 23.5 Å². The van der Waals surface area contributed by atoms with E-state index in [0.29, 0.717) is 30.0 Å². The molecule has 1 aromatic rings. The van der Waals surface area contributed by atoms with Crippen LogP contribution >= 0.6 is 11.6 Å². The van der Waals surface area contributed by atoms with Crippen LogP contribution in [0.15, 0.2) is 18.2 Å². The Labute approximate surface area is 152 Å². The Morgan fingerprint density at radius 3 is 2.56 bits per heavy atom. The Morgan fingerprint density at radius 2 is 1.92 bits per heavy atom. The quantitative estimate of drug-likeness (QED) is 0.800. The maximum absolute atomic E-state index is 14.0. The van der Waals surface area contributed by atoms with Crippen LogP contribution in [0.2, 0.25) is 5.02 Å². The number of nitrogens with zero attached hydrogens (tertiary/aromatic N) is 1. The van der Waals surface area contributed by atoms with Gasteiger partial charge >= 0.3 is 6.03 Å². The number of carbonyl (C=O) groups excluding carboxylic acids is 2. The highest BCUT2D eigenvalue weighted by Gasteiger charge is 2.51. The number of carbonyl (C=O) groups is 2. The molecule has 1 aliphatic carbocycles. The van der Waals surface area contributed by atoms with Crippen molar-refractivity contribution in [2.24, 2.45) is 0 Å². The summed E-state index contributed by atoms with van der Waals surface area (Å²) in [6.45, 7) is 0.493. The molecular weight excluding hydrogens is 345 g/mol. The van der Waals surface area contributed by atoms with Crippen LogP contribution in [-0.2, 0) is 11.3 Å². The minimum Gasteiger partial charge on any atom is -0.323 e. The molecule has 0 bridgehead atoms. The maximum atomic E-state index is 14.0. The summed E-state index contributed by atoms with van der Waals surface area (Å²) in [6, 6.07) is 4.22. The third-order valence-corrected chi connectivity index (χ3v) is 5.53. The van der Waals surface area contributed by atoms with Gasteiger partial charge in [0.2, 0.25) is 0 Å². The molecule has 2 aliphatic rings. The third-order valence-electron chi connectivity index (χ3n) is 5.17. The average molecular weight is 369 g/mol. The molecule has 1 saturated heterocycles. The highest BCUT2D eigenvalue weighted by atomic mass is 35.5. The van der Waals surface area contributed by atoms with E-state index >= 15 is 0 Å². The molecule has 1 saturated carbocycles. The van der Waals surface area contributed by atoms with Gasteiger partial charge in [-0.05, 0) is 25.0 Å². The molecule has 5 nitrogen and oxygen atoms in total. The van der Waals surface area contributed by atoms with Gasteiger partial charge in [-0.1, -0.05) is 43.4 Å². The summed E-state index contributed by atoms with van der Waals surface area (Å²) < 4.78 is 14.0. The van der Waals surface area contributed by atoms with Crippen LogP contribution < -0.4 is 10.2 Å². The van der Waals surface area contributed by atoms with Gasteiger partial charge in [0.15, 0.2) is 6.67 Å². The lowest BCUT2D eigenvalue weighted by Gasteiger charge is -2.25. The molecule has 1 aromatic carbocycles. The predicted octanol–water partition coefficient (Wildman–Crippen LogP) is 2.10. The summed E-state index contributed by atoms with van der Waals surface area (Å²) in [5.74, 6) is -0.511. The minimum absolute atomic E-state index is 0.140. The molecule has 3 rings (SSSR count). The van der Waals surface area contributed by atoms with Crippen molar-refractivity contribution in [2.75, 3.05) is 13.7 Å². The standard InChI is InChI=1S/C18H23ClFN3O2/c1-22(11-13-14(19)7-6-8-15(13)20)12-23-16(24)18(21-17(23)25)9-4-2-3-5-10-18/h6-8H,2-5,9-12H2,1H3,(H,21,25)/p+1. The van der Waals surface area contributed by atoms with Crippen molar-refractivity contribution in [2.45, 2.75) is 50.6 Å². The first-order chi connectivity index (χ1) is 11.9. The van der Waals surface area contributed by atoms with Gasteiger partial charge in [0.1, 0.15) is 17.9 Å². The van der Waals surface area contributed by atoms with Gasteiger partial charge in [-0.15, -0.1) is 0 Å². The van der Waals surface area contributed by atoms with Gasteiger partial charge in [0.25, 0.3) is 5.91 Å². The van der Waals surface area contributed by atoms with Gasteiger partial charge in [0.05, 0.1) is 17.6 Å². The predicted molar refractivity (Wildman–Crippen MR) is 92.7 cm³/mol. The second kappa shape index (κ2) is 7.30. The number of amides is 3. The highest BCUT2D eigenvalue weighted by molar-refractivity contribution is 6.31. The number of urea groups is 1. The monoisotopic (exact) mass is 368 g/mol. The molecule has 2 N–H and O–H groups in total. The Morgan fingerprint density at radius 1 is 1.24 bits per heavy atom. The highest BCUT2D eigenvalue weighted by Crippen LogP contribution is 2.32. The zero-order chi connectivity index (χ0) is 18.0. The number of halogens is 2. The number of quaternary nitrogens is 1. The number of imide groups is 1. The molecule has 1 aliphatic heterocycles. The van der Waals surface area contributed by atoms with E-state index in [1.165, 1.54) is 11.0 Å². The lowest BCUT2D eigenvalue weighted by atomic mass is 9.90. The van der Waals surface area contributed by atoms with E-state index in [4.69, 9.17) is 11.6 Å². The summed E-state index contributed by atoms with van der Waals surface area (Å²) in [5.41, 5.74) is -0.332. The van der Waals surface area contributed by atoms with Crippen molar-refractivity contribution in [1.82, 2.24) is 10.2 Å². The van der Waals surface area contributed by atoms with Crippen molar-refractivity contribution in [1.29, 1.82) is 0 Å². The summed E-state index contributed by atoms with van der Waals surface area (Å²) >= 11 is 6.07. The number of hydrogen-bond donors (Lipinski definition) is 2. The third kappa shape index (κ3) is 3.65. The molecule has 1 spiro atoms. The molecule has 3 amide bonds. The van der Waals surface area contributed by atoms with Crippen LogP contribution in [0, 0.1) is 5.82 Å². The molecule has 7 heteroatoms. The smallest absolute Gasteiger partial charge is 0.323 e. The van der Waals surface area contributed by atoms with Crippen LogP contribution in [0.5, 0.6) is 0 Å². The molecular formula is C18H24ClFN3O2+. The van der Waals surface area contributed by atoms with Crippen LogP contribution in [0.1, 0.15) is 44.1 Å². The SMILES string of the molecule is C[NH+](Cc1c(F)cccc1Cl)CN1C(=O)NC2(CCCCCC2)C1=O. The first-order valence-electron chi connectivity index (χ1n) is 8.81. The van der Waals surface area contributed by atoms with E-state index in [9.17, 15) is 14.0 Å². The van der Waals surface area contributed by atoms with Crippen LogP contribution in [0.25, 0.3) is 0 Å². The summed E-state index contributed by atoms with van der Waals surface area (Å²) in [5, 5.41) is 3.28. The maximum Gasteiger partial charge on any atom is 0.329 e. The molecule has 2 fully saturated rings. The largest absolute Gasteiger partial charge is 0.329 e. The van der Waals surface area contributed by atoms with Crippen LogP contribution in [-0.4, -0.2) is 36.1 Å². The number of rotatable bonds is 4. The van der Waals surface area contributed by atoms with Crippen molar-refractivity contribution < 1.29 is 18.9 Å². The Bertz CT molecular complexity index is 654. The first-order valence-corrected chi connectivity index (χ1v) is 9.19. The van der Waals surface area contributed by atoms with E-state index in [1.807, 2.05) is 7.05 Å². The van der Waals surface area contributed by atoms with Gasteiger partial charge in [-0.25, -0.2) is 14.1 Å². The molecule has 0 aromatic heterocycles. The summed E-state index contributed by atoms with van der Waals surface area (Å²) in [6.07, 6.45) is 5.50. The van der Waals surface area contributed by atoms with E-state index in [-0.39, 0.29) is 24.4 Å². The van der Waals surface area contributed by atoms with Crippen LogP contribution in [0.3, 0.4) is 0 Å². The molecule has 136 valence electrons. The van der Waals surface area contributed by atoms with Gasteiger partial charge in [-0.2, -0.15) is 0 Å². The van der Waals surface area contributed by atoms with Crippen molar-refractivity contribution in [3.63, 3.8) is 0 Å². The number of nitrogens with one attached hydrogen (secondary N) is 2. The van der Waals surface area contributed by atoms with Gasteiger partial charge in [-0.3, -0.25) is 4.79 Å². The minimum atomic E-state index is -0.733. The second-order valence-corrected chi connectivity index (χ2v) is 7.56. The Balaban J connectivity index is 1.70. The fourth-order valence-electron chi connectivity index (χ4n) is 3.82. The van der Waals surface area contributed by atoms with E-state index in [1.54, 1.807) is 12.1 Å². The lowest BCUT2D eigenvalue weighted by molar-refractivity contribution is -0.901. The Kier molecular flexibility index (Phi) is 5.29. The summed E-state index contributed by atoms with van der Waals surface area (Å²) in [4.78, 5) is 27.4. The normalized spacial score (nSPS) is 21.3. The molecule has 1 atom stereocenters. The fraction of sp³-hybridized carbons (Fsp3) is 0.556. The number of hydrogen-bond acceptors (Lipinski definition) is 2. The average Bonchev–Trinajstić information content (AvgIpc) is 2.74. The lowest BCUT2D eigenvalue weighted by Crippen LogP contribution is -3.09. The molecule has 1 unspecified atom stereocenters. The number of benzene rings is 1. The molecule has 25 heavy (non-hydrogen) atoms. The van der Waals surface area contributed by atoms with E-state index in [2.05, 4.69) is 5.32 Å². The second-order valence-electron chi connectivity index (χ2n) is 7.15. The van der Waals surface area contributed by atoms with E-state index < -0.39 is 5.54 Å². The van der Waals surface area contributed by atoms with Crippen molar-refractivity contribution in [3.8, 4) is 0 Å². The zero-order valence-electron chi connectivity index (χ0n) is 14.4. The Hall–Kier alpha value is -1.66. The van der Waals surface area contributed by atoms with Gasteiger partial charge < -0.3 is 10.2 Å². The molecule has 0 radical (unpaired) electrons. The first kappa shape index (κ1) is 18.1. The fourth-order valence-corrected chi connectivity index (χ4v) is 4.05. The van der Waals surface area contributed by atoms with Crippen LogP contribution in [0.4, 0.5) is 9.18 Å². The topological polar surface area (TPSA) is 53.9 Å². The zero-order valence-corrected chi connectivity index (χ0v) is 15.2. The summed E-state index contributed by atoms with van der Waals surface area (Å²) in [7, 11) is 1.82. The molecule has 1 heterocycles. The van der Waals surface area contributed by atoms with Gasteiger partial charge in [0, 0.05) is 0 Å². The van der Waals surface area contributed by atoms with Crippen molar-refractivity contribution in [3.05, 3.63) is 34.6 Å². The van der Waals surface area contributed by atoms with E-state index in [0.717, 1.165) is 30.6 Å².